The third kappa shape index (κ3) is 4.82. The van der Waals surface area contributed by atoms with Crippen molar-refractivity contribution in [1.29, 1.82) is 0 Å². The Labute approximate surface area is 171 Å². The zero-order chi connectivity index (χ0) is 20.8. The molecule has 29 heavy (non-hydrogen) atoms. The van der Waals surface area contributed by atoms with Gasteiger partial charge in [-0.3, -0.25) is 9.59 Å². The predicted molar refractivity (Wildman–Crippen MR) is 115 cm³/mol. The summed E-state index contributed by atoms with van der Waals surface area (Å²) in [5.41, 5.74) is 8.91. The molecule has 0 aliphatic rings. The maximum Gasteiger partial charge on any atom is 0.255 e. The predicted octanol–water partition coefficient (Wildman–Crippen LogP) is 3.62. The average molecular weight is 387 g/mol. The molecule has 1 atom stereocenters. The number of benzene rings is 3. The number of hydrogen-bond donors (Lipinski definition) is 1. The molecule has 5 nitrogen and oxygen atoms in total. The number of primary amides is 1. The summed E-state index contributed by atoms with van der Waals surface area (Å²) in [5.74, 6) is -0.808. The lowest BCUT2D eigenvalue weighted by molar-refractivity contribution is -0.122. The Morgan fingerprint density at radius 3 is 2.07 bits per heavy atom. The molecule has 0 bridgehead atoms. The Hall–Kier alpha value is -3.60. The number of nitrogens with two attached hydrogens (primary N) is 1. The molecular weight excluding hydrogens is 362 g/mol. The Kier molecular flexibility index (Phi) is 6.29. The summed E-state index contributed by atoms with van der Waals surface area (Å²) in [5, 5.41) is 0. The molecule has 3 rings (SSSR count). The normalized spacial score (nSPS) is 11.5. The van der Waals surface area contributed by atoms with Gasteiger partial charge < -0.3 is 15.5 Å². The van der Waals surface area contributed by atoms with E-state index in [1.54, 1.807) is 29.2 Å². The lowest BCUT2D eigenvalue weighted by Gasteiger charge is -2.30. The van der Waals surface area contributed by atoms with Gasteiger partial charge in [-0.05, 0) is 35.4 Å². The molecule has 3 aromatic rings. The van der Waals surface area contributed by atoms with Crippen LogP contribution in [0.5, 0.6) is 0 Å². The van der Waals surface area contributed by atoms with Crippen LogP contribution in [0.15, 0.2) is 84.9 Å². The van der Waals surface area contributed by atoms with Gasteiger partial charge in [-0.2, -0.15) is 0 Å². The van der Waals surface area contributed by atoms with E-state index in [1.807, 2.05) is 79.7 Å². The lowest BCUT2D eigenvalue weighted by atomic mass is 10.0. The van der Waals surface area contributed by atoms with E-state index < -0.39 is 11.9 Å². The van der Waals surface area contributed by atoms with E-state index in [2.05, 4.69) is 0 Å². The van der Waals surface area contributed by atoms with Gasteiger partial charge in [0, 0.05) is 31.9 Å². The first kappa shape index (κ1) is 20.1. The van der Waals surface area contributed by atoms with Crippen LogP contribution in [0.2, 0.25) is 0 Å². The van der Waals surface area contributed by atoms with Crippen molar-refractivity contribution < 1.29 is 9.59 Å². The zero-order valence-corrected chi connectivity index (χ0v) is 16.7. The third-order valence-electron chi connectivity index (χ3n) is 4.76. The van der Waals surface area contributed by atoms with E-state index in [1.165, 1.54) is 0 Å². The summed E-state index contributed by atoms with van der Waals surface area (Å²) < 4.78 is 0. The van der Waals surface area contributed by atoms with Gasteiger partial charge in [0.05, 0.1) is 0 Å². The number of hydrogen-bond acceptors (Lipinski definition) is 3. The Balaban J connectivity index is 2.04. The van der Waals surface area contributed by atoms with Gasteiger partial charge in [0.1, 0.15) is 6.04 Å². The number of carbonyl (C=O) groups excluding carboxylic acids is 2. The largest absolute Gasteiger partial charge is 0.378 e. The molecular formula is C24H25N3O2. The zero-order valence-electron chi connectivity index (χ0n) is 16.7. The highest BCUT2D eigenvalue weighted by Gasteiger charge is 2.30. The Morgan fingerprint density at radius 2 is 1.48 bits per heavy atom. The molecule has 0 spiro atoms. The van der Waals surface area contributed by atoms with E-state index in [9.17, 15) is 9.59 Å². The molecule has 0 aliphatic heterocycles. The third-order valence-corrected chi connectivity index (χ3v) is 4.76. The van der Waals surface area contributed by atoms with Crippen LogP contribution in [0.3, 0.4) is 0 Å². The second-order valence-corrected chi connectivity index (χ2v) is 7.08. The summed E-state index contributed by atoms with van der Waals surface area (Å²) in [7, 11) is 3.92. The SMILES string of the molecule is CN(C)c1cccc(CN(C(=O)c2ccccc2)[C@@H](C(N)=O)c2ccccc2)c1. The molecule has 0 heterocycles. The second-order valence-electron chi connectivity index (χ2n) is 7.08. The summed E-state index contributed by atoms with van der Waals surface area (Å²) in [6.45, 7) is 0.262. The van der Waals surface area contributed by atoms with Gasteiger partial charge in [0.25, 0.3) is 5.91 Å². The van der Waals surface area contributed by atoms with Crippen molar-refractivity contribution in [2.75, 3.05) is 19.0 Å². The van der Waals surface area contributed by atoms with E-state index in [4.69, 9.17) is 5.73 Å². The molecule has 0 fully saturated rings. The van der Waals surface area contributed by atoms with Crippen molar-refractivity contribution in [2.24, 2.45) is 5.73 Å². The van der Waals surface area contributed by atoms with Crippen LogP contribution >= 0.6 is 0 Å². The summed E-state index contributed by atoms with van der Waals surface area (Å²) >= 11 is 0. The maximum atomic E-state index is 13.4. The highest BCUT2D eigenvalue weighted by Crippen LogP contribution is 2.26. The number of carbonyl (C=O) groups is 2. The van der Waals surface area contributed by atoms with Gasteiger partial charge in [-0.1, -0.05) is 60.7 Å². The summed E-state index contributed by atoms with van der Waals surface area (Å²) in [6, 6.07) is 25.1. The van der Waals surface area contributed by atoms with Gasteiger partial charge in [-0.25, -0.2) is 0 Å². The minimum absolute atomic E-state index is 0.242. The second kappa shape index (κ2) is 9.06. The monoisotopic (exact) mass is 387 g/mol. The van der Waals surface area contributed by atoms with E-state index in [-0.39, 0.29) is 12.5 Å². The van der Waals surface area contributed by atoms with E-state index >= 15 is 0 Å². The van der Waals surface area contributed by atoms with Crippen LogP contribution in [0.4, 0.5) is 5.69 Å². The fraction of sp³-hybridized carbons (Fsp3) is 0.167. The molecule has 2 N–H and O–H groups in total. The molecule has 0 radical (unpaired) electrons. The highest BCUT2D eigenvalue weighted by atomic mass is 16.2. The van der Waals surface area contributed by atoms with Crippen molar-refractivity contribution >= 4 is 17.5 Å². The first-order valence-corrected chi connectivity index (χ1v) is 9.44. The molecule has 0 saturated carbocycles. The molecule has 0 saturated heterocycles. The van der Waals surface area contributed by atoms with Crippen LogP contribution in [0.1, 0.15) is 27.5 Å². The van der Waals surface area contributed by atoms with Crippen LogP contribution < -0.4 is 10.6 Å². The van der Waals surface area contributed by atoms with Crippen LogP contribution in [-0.2, 0) is 11.3 Å². The highest BCUT2D eigenvalue weighted by molar-refractivity contribution is 5.97. The van der Waals surface area contributed by atoms with Crippen molar-refractivity contribution in [3.63, 3.8) is 0 Å². The van der Waals surface area contributed by atoms with Gasteiger partial charge in [0.2, 0.25) is 5.91 Å². The maximum absolute atomic E-state index is 13.4. The molecule has 2 amide bonds. The first-order valence-electron chi connectivity index (χ1n) is 9.44. The summed E-state index contributed by atoms with van der Waals surface area (Å²) in [4.78, 5) is 29.4. The molecule has 0 unspecified atom stereocenters. The van der Waals surface area contributed by atoms with Crippen LogP contribution in [0.25, 0.3) is 0 Å². The smallest absolute Gasteiger partial charge is 0.255 e. The fourth-order valence-electron chi connectivity index (χ4n) is 3.29. The molecule has 0 aromatic heterocycles. The minimum Gasteiger partial charge on any atom is -0.378 e. The van der Waals surface area contributed by atoms with Crippen LogP contribution in [-0.4, -0.2) is 30.8 Å². The lowest BCUT2D eigenvalue weighted by Crippen LogP contribution is -2.41. The topological polar surface area (TPSA) is 66.6 Å². The van der Waals surface area contributed by atoms with Gasteiger partial charge in [0.15, 0.2) is 0 Å². The number of amides is 2. The number of rotatable bonds is 7. The number of nitrogens with zero attached hydrogens (tertiary/aromatic N) is 2. The first-order chi connectivity index (χ1) is 14.0. The van der Waals surface area contributed by atoms with Crippen molar-refractivity contribution in [3.8, 4) is 0 Å². The molecule has 3 aromatic carbocycles. The minimum atomic E-state index is -0.869. The average Bonchev–Trinajstić information content (AvgIpc) is 2.74. The quantitative estimate of drug-likeness (QED) is 0.673. The number of anilines is 1. The van der Waals surface area contributed by atoms with Gasteiger partial charge >= 0.3 is 0 Å². The summed E-state index contributed by atoms with van der Waals surface area (Å²) in [6.07, 6.45) is 0. The standard InChI is InChI=1S/C24H25N3O2/c1-26(2)21-15-9-10-18(16-21)17-27(24(29)20-13-7-4-8-14-20)22(23(25)28)19-11-5-3-6-12-19/h3-16,22H,17H2,1-2H3,(H2,25,28)/t22-/m1/s1. The molecule has 5 heteroatoms. The van der Waals surface area contributed by atoms with Crippen LogP contribution in [0, 0.1) is 0 Å². The van der Waals surface area contributed by atoms with Crippen molar-refractivity contribution in [3.05, 3.63) is 102 Å². The molecule has 148 valence electrons. The Morgan fingerprint density at radius 1 is 0.862 bits per heavy atom. The fourth-order valence-corrected chi connectivity index (χ4v) is 3.29. The Bertz CT molecular complexity index is 972. The van der Waals surface area contributed by atoms with Gasteiger partial charge in [-0.15, -0.1) is 0 Å². The van der Waals surface area contributed by atoms with Crippen molar-refractivity contribution in [2.45, 2.75) is 12.6 Å². The van der Waals surface area contributed by atoms with E-state index in [0.29, 0.717) is 11.1 Å². The van der Waals surface area contributed by atoms with E-state index in [0.717, 1.165) is 11.3 Å². The van der Waals surface area contributed by atoms with Crippen molar-refractivity contribution in [1.82, 2.24) is 4.90 Å². The molecule has 0 aliphatic carbocycles.